The van der Waals surface area contributed by atoms with E-state index in [2.05, 4.69) is 26.7 Å². The lowest BCUT2D eigenvalue weighted by molar-refractivity contribution is 0.0525. The highest BCUT2D eigenvalue weighted by Crippen LogP contribution is 2.25. The average molecular weight is 430 g/mol. The molecular formula is C25H27N5O2. The first-order chi connectivity index (χ1) is 15.2. The van der Waals surface area contributed by atoms with Crippen LogP contribution in [0.15, 0.2) is 60.8 Å². The minimum Gasteiger partial charge on any atom is -0.444 e. The van der Waals surface area contributed by atoms with Gasteiger partial charge in [-0.15, -0.1) is 0 Å². The fourth-order valence-corrected chi connectivity index (χ4v) is 3.03. The number of benzene rings is 2. The van der Waals surface area contributed by atoms with Crippen molar-refractivity contribution in [3.05, 3.63) is 71.9 Å². The van der Waals surface area contributed by atoms with Crippen LogP contribution in [-0.2, 0) is 4.74 Å². The van der Waals surface area contributed by atoms with Gasteiger partial charge in [-0.1, -0.05) is 49.4 Å². The van der Waals surface area contributed by atoms with Gasteiger partial charge in [-0.3, -0.25) is 0 Å². The van der Waals surface area contributed by atoms with E-state index < -0.39 is 11.7 Å². The van der Waals surface area contributed by atoms with Crippen molar-refractivity contribution in [1.29, 1.82) is 5.26 Å². The molecule has 3 aromatic rings. The van der Waals surface area contributed by atoms with Gasteiger partial charge in [0, 0.05) is 17.8 Å². The molecule has 32 heavy (non-hydrogen) atoms. The zero-order valence-corrected chi connectivity index (χ0v) is 18.7. The van der Waals surface area contributed by atoms with Crippen molar-refractivity contribution in [1.82, 2.24) is 15.3 Å². The van der Waals surface area contributed by atoms with Gasteiger partial charge in [0.1, 0.15) is 11.7 Å². The minimum absolute atomic E-state index is 0.0905. The Hall–Kier alpha value is -3.92. The maximum absolute atomic E-state index is 11.9. The molecule has 0 aliphatic heterocycles. The molecule has 0 radical (unpaired) electrons. The van der Waals surface area contributed by atoms with Crippen molar-refractivity contribution in [2.24, 2.45) is 0 Å². The summed E-state index contributed by atoms with van der Waals surface area (Å²) in [5.74, 6) is 0.511. The number of para-hydroxylation sites is 1. The van der Waals surface area contributed by atoms with Crippen molar-refractivity contribution in [2.45, 2.75) is 39.2 Å². The van der Waals surface area contributed by atoms with Gasteiger partial charge in [-0.05, 0) is 44.4 Å². The second kappa shape index (κ2) is 9.92. The number of hydrogen-bond donors (Lipinski definition) is 2. The van der Waals surface area contributed by atoms with Gasteiger partial charge in [0.2, 0.25) is 5.95 Å². The molecule has 0 bridgehead atoms. The Kier molecular flexibility index (Phi) is 7.06. The maximum Gasteiger partial charge on any atom is 0.407 e. The van der Waals surface area contributed by atoms with Crippen LogP contribution in [0.5, 0.6) is 0 Å². The van der Waals surface area contributed by atoms with Crippen LogP contribution in [0.3, 0.4) is 0 Å². The van der Waals surface area contributed by atoms with Crippen LogP contribution in [-0.4, -0.2) is 28.2 Å². The first-order valence-electron chi connectivity index (χ1n) is 10.4. The molecule has 0 aliphatic rings. The van der Waals surface area contributed by atoms with Crippen molar-refractivity contribution in [3.63, 3.8) is 0 Å². The highest BCUT2D eigenvalue weighted by molar-refractivity contribution is 5.69. The third-order valence-corrected chi connectivity index (χ3v) is 4.64. The zero-order chi connectivity index (χ0) is 23.1. The van der Waals surface area contributed by atoms with E-state index in [1.54, 1.807) is 0 Å². The standard InChI is InChI=1S/C25H27N5O2/c1-17(15-28-24(31)32-25(2,3)4)18-10-12-19(13-11-18)22-20(14-26)16-27-23(30-22)29-21-8-6-5-7-9-21/h5-13,16-17H,15H2,1-4H3,(H,28,31)(H,27,29,30). The normalized spacial score (nSPS) is 11.8. The predicted octanol–water partition coefficient (Wildman–Crippen LogP) is 5.39. The number of aromatic nitrogens is 2. The van der Waals surface area contributed by atoms with Gasteiger partial charge >= 0.3 is 6.09 Å². The molecule has 7 nitrogen and oxygen atoms in total. The lowest BCUT2D eigenvalue weighted by Crippen LogP contribution is -2.34. The topological polar surface area (TPSA) is 99.9 Å². The Morgan fingerprint density at radius 2 is 1.81 bits per heavy atom. The summed E-state index contributed by atoms with van der Waals surface area (Å²) in [7, 11) is 0. The molecule has 0 saturated heterocycles. The number of nitrogens with one attached hydrogen (secondary N) is 2. The molecule has 3 rings (SSSR count). The van der Waals surface area contributed by atoms with Crippen LogP contribution >= 0.6 is 0 Å². The molecule has 0 spiro atoms. The number of nitrogens with zero attached hydrogens (tertiary/aromatic N) is 3. The first-order valence-corrected chi connectivity index (χ1v) is 10.4. The van der Waals surface area contributed by atoms with Crippen LogP contribution < -0.4 is 10.6 Å². The van der Waals surface area contributed by atoms with E-state index >= 15 is 0 Å². The minimum atomic E-state index is -0.529. The van der Waals surface area contributed by atoms with Gasteiger partial charge in [-0.2, -0.15) is 5.26 Å². The van der Waals surface area contributed by atoms with Crippen molar-refractivity contribution in [3.8, 4) is 17.3 Å². The monoisotopic (exact) mass is 429 g/mol. The van der Waals surface area contributed by atoms with Crippen molar-refractivity contribution in [2.75, 3.05) is 11.9 Å². The number of nitriles is 1. The number of carbonyl (C=O) groups excluding carboxylic acids is 1. The number of rotatable bonds is 6. The van der Waals surface area contributed by atoms with E-state index in [9.17, 15) is 10.1 Å². The van der Waals surface area contributed by atoms with E-state index in [0.717, 1.165) is 16.8 Å². The Bertz CT molecular complexity index is 1100. The average Bonchev–Trinajstić information content (AvgIpc) is 2.77. The number of alkyl carbamates (subject to hydrolysis) is 1. The molecule has 164 valence electrons. The number of ether oxygens (including phenoxy) is 1. The molecule has 0 fully saturated rings. The molecule has 0 aliphatic carbocycles. The summed E-state index contributed by atoms with van der Waals surface area (Å²) in [4.78, 5) is 20.7. The highest BCUT2D eigenvalue weighted by atomic mass is 16.6. The number of hydrogen-bond acceptors (Lipinski definition) is 6. The van der Waals surface area contributed by atoms with Crippen molar-refractivity contribution < 1.29 is 9.53 Å². The molecule has 1 atom stereocenters. The number of anilines is 2. The molecule has 2 N–H and O–H groups in total. The van der Waals surface area contributed by atoms with Crippen LogP contribution in [0.4, 0.5) is 16.4 Å². The Morgan fingerprint density at radius 3 is 2.44 bits per heavy atom. The summed E-state index contributed by atoms with van der Waals surface area (Å²) in [6, 6.07) is 19.6. The van der Waals surface area contributed by atoms with Gasteiger partial charge < -0.3 is 15.4 Å². The molecule has 0 saturated carbocycles. The Morgan fingerprint density at radius 1 is 1.12 bits per heavy atom. The van der Waals surface area contributed by atoms with E-state index in [1.807, 2.05) is 82.3 Å². The maximum atomic E-state index is 11.9. The summed E-state index contributed by atoms with van der Waals surface area (Å²) < 4.78 is 5.28. The molecule has 1 aromatic heterocycles. The lowest BCUT2D eigenvalue weighted by Gasteiger charge is -2.21. The second-order valence-electron chi connectivity index (χ2n) is 8.46. The molecule has 1 heterocycles. The second-order valence-corrected chi connectivity index (χ2v) is 8.46. The largest absolute Gasteiger partial charge is 0.444 e. The van der Waals surface area contributed by atoms with Crippen LogP contribution in [0.25, 0.3) is 11.3 Å². The van der Waals surface area contributed by atoms with E-state index in [1.165, 1.54) is 6.20 Å². The lowest BCUT2D eigenvalue weighted by atomic mass is 9.98. The van der Waals surface area contributed by atoms with Gasteiger partial charge in [-0.25, -0.2) is 14.8 Å². The quantitative estimate of drug-likeness (QED) is 0.545. The molecule has 7 heteroatoms. The third kappa shape index (κ3) is 6.29. The van der Waals surface area contributed by atoms with Gasteiger partial charge in [0.15, 0.2) is 0 Å². The Labute approximate surface area is 188 Å². The fraction of sp³-hybridized carbons (Fsp3) is 0.280. The SMILES string of the molecule is CC(CNC(=O)OC(C)(C)C)c1ccc(-c2nc(Nc3ccccc3)ncc2C#N)cc1. The smallest absolute Gasteiger partial charge is 0.407 e. The molecule has 1 amide bonds. The molecule has 1 unspecified atom stereocenters. The van der Waals surface area contributed by atoms with Crippen LogP contribution in [0.1, 0.15) is 44.7 Å². The molecular weight excluding hydrogens is 402 g/mol. The molecule has 2 aromatic carbocycles. The summed E-state index contributed by atoms with van der Waals surface area (Å²) in [5, 5.41) is 15.5. The predicted molar refractivity (Wildman–Crippen MR) is 125 cm³/mol. The summed E-state index contributed by atoms with van der Waals surface area (Å²) >= 11 is 0. The highest BCUT2D eigenvalue weighted by Gasteiger charge is 2.17. The first kappa shape index (κ1) is 22.8. The zero-order valence-electron chi connectivity index (χ0n) is 18.7. The van der Waals surface area contributed by atoms with Crippen LogP contribution in [0.2, 0.25) is 0 Å². The third-order valence-electron chi connectivity index (χ3n) is 4.64. The summed E-state index contributed by atoms with van der Waals surface area (Å²) in [6.07, 6.45) is 1.09. The van der Waals surface area contributed by atoms with E-state index in [-0.39, 0.29) is 5.92 Å². The van der Waals surface area contributed by atoms with Crippen LogP contribution in [0, 0.1) is 11.3 Å². The van der Waals surface area contributed by atoms with Crippen molar-refractivity contribution >= 4 is 17.7 Å². The van der Waals surface area contributed by atoms with E-state index in [4.69, 9.17) is 4.74 Å². The Balaban J connectivity index is 1.72. The van der Waals surface area contributed by atoms with E-state index in [0.29, 0.717) is 23.8 Å². The number of amides is 1. The van der Waals surface area contributed by atoms with Gasteiger partial charge in [0.05, 0.1) is 17.5 Å². The number of carbonyl (C=O) groups is 1. The summed E-state index contributed by atoms with van der Waals surface area (Å²) in [6.45, 7) is 7.98. The summed E-state index contributed by atoms with van der Waals surface area (Å²) in [5.41, 5.74) is 3.17. The van der Waals surface area contributed by atoms with Gasteiger partial charge in [0.25, 0.3) is 0 Å². The fourth-order valence-electron chi connectivity index (χ4n) is 3.03.